The second-order valence-electron chi connectivity index (χ2n) is 3.82. The van der Waals surface area contributed by atoms with Gasteiger partial charge >= 0.3 is 0 Å². The van der Waals surface area contributed by atoms with Crippen molar-refractivity contribution in [2.75, 3.05) is 31.7 Å². The van der Waals surface area contributed by atoms with Crippen LogP contribution in [0.4, 0.5) is 5.69 Å². The summed E-state index contributed by atoms with van der Waals surface area (Å²) in [4.78, 5) is 14.7. The fraction of sp³-hybridized carbons (Fsp3) is 0.400. The molecule has 1 heterocycles. The first-order chi connectivity index (χ1) is 8.33. The lowest BCUT2D eigenvalue weighted by Crippen LogP contribution is -2.28. The number of sulfonamides is 1. The topological polar surface area (TPSA) is 105 Å². The van der Waals surface area contributed by atoms with E-state index in [-0.39, 0.29) is 18.0 Å². The zero-order chi connectivity index (χ0) is 13.8. The molecule has 0 unspecified atom stereocenters. The van der Waals surface area contributed by atoms with Crippen LogP contribution in [-0.4, -0.2) is 50.0 Å². The number of carbonyl (C=O) groups is 1. The molecule has 3 N–H and O–H groups in total. The summed E-state index contributed by atoms with van der Waals surface area (Å²) in [6.45, 7) is 0.239. The van der Waals surface area contributed by atoms with Crippen molar-refractivity contribution >= 4 is 21.6 Å². The Labute approximate surface area is 106 Å². The minimum atomic E-state index is -3.23. The number of amides is 1. The summed E-state index contributed by atoms with van der Waals surface area (Å²) in [5.41, 5.74) is 5.83. The summed E-state index contributed by atoms with van der Waals surface area (Å²) in [6.07, 6.45) is 1.43. The lowest BCUT2D eigenvalue weighted by atomic mass is 10.3. The van der Waals surface area contributed by atoms with Crippen LogP contribution in [0.25, 0.3) is 0 Å². The normalized spacial score (nSPS) is 11.5. The minimum Gasteiger partial charge on any atom is -0.384 e. The summed E-state index contributed by atoms with van der Waals surface area (Å²) >= 11 is 0. The van der Waals surface area contributed by atoms with E-state index in [4.69, 9.17) is 5.73 Å². The Morgan fingerprint density at radius 1 is 1.50 bits per heavy atom. The van der Waals surface area contributed by atoms with Gasteiger partial charge in [-0.15, -0.1) is 0 Å². The first kappa shape index (κ1) is 14.4. The van der Waals surface area contributed by atoms with E-state index in [1.807, 2.05) is 0 Å². The summed E-state index contributed by atoms with van der Waals surface area (Å²) in [6, 6.07) is 3.11. The van der Waals surface area contributed by atoms with Crippen LogP contribution in [0.15, 0.2) is 18.3 Å². The van der Waals surface area contributed by atoms with E-state index in [2.05, 4.69) is 10.3 Å². The summed E-state index contributed by atoms with van der Waals surface area (Å²) < 4.78 is 24.2. The highest BCUT2D eigenvalue weighted by Crippen LogP contribution is 2.07. The first-order valence-electron chi connectivity index (χ1n) is 5.23. The molecule has 0 saturated heterocycles. The number of hydrogen-bond donors (Lipinski definition) is 2. The van der Waals surface area contributed by atoms with Gasteiger partial charge in [0, 0.05) is 32.5 Å². The molecule has 100 valence electrons. The van der Waals surface area contributed by atoms with Crippen LogP contribution >= 0.6 is 0 Å². The molecule has 0 aliphatic rings. The van der Waals surface area contributed by atoms with Crippen LogP contribution in [0.1, 0.15) is 10.5 Å². The number of nitrogens with zero attached hydrogens (tertiary/aromatic N) is 2. The van der Waals surface area contributed by atoms with Crippen LogP contribution in [0, 0.1) is 0 Å². The van der Waals surface area contributed by atoms with Crippen LogP contribution in [0.3, 0.4) is 0 Å². The van der Waals surface area contributed by atoms with Gasteiger partial charge in [0.15, 0.2) is 0 Å². The van der Waals surface area contributed by atoms with Crippen LogP contribution in [0.5, 0.6) is 0 Å². The van der Waals surface area contributed by atoms with Crippen molar-refractivity contribution in [1.29, 1.82) is 0 Å². The quantitative estimate of drug-likeness (QED) is 0.725. The molecule has 18 heavy (non-hydrogen) atoms. The largest absolute Gasteiger partial charge is 0.384 e. The molecule has 0 bridgehead atoms. The molecule has 0 aliphatic carbocycles. The van der Waals surface area contributed by atoms with E-state index in [1.54, 1.807) is 6.07 Å². The van der Waals surface area contributed by atoms with Gasteiger partial charge < -0.3 is 11.1 Å². The molecule has 7 nitrogen and oxygen atoms in total. The van der Waals surface area contributed by atoms with Crippen LogP contribution in [-0.2, 0) is 10.0 Å². The Morgan fingerprint density at radius 2 is 2.17 bits per heavy atom. The Hall–Kier alpha value is -1.67. The van der Waals surface area contributed by atoms with Crippen LogP contribution < -0.4 is 11.1 Å². The van der Waals surface area contributed by atoms with Gasteiger partial charge in [-0.2, -0.15) is 0 Å². The van der Waals surface area contributed by atoms with E-state index >= 15 is 0 Å². The molecule has 1 aromatic rings. The number of nitrogens with one attached hydrogen (secondary N) is 1. The monoisotopic (exact) mass is 272 g/mol. The van der Waals surface area contributed by atoms with Crippen molar-refractivity contribution in [2.45, 2.75) is 0 Å². The van der Waals surface area contributed by atoms with Gasteiger partial charge in [-0.05, 0) is 12.1 Å². The molecule has 0 saturated carbocycles. The highest BCUT2D eigenvalue weighted by Gasteiger charge is 2.12. The number of carbonyl (C=O) groups excluding carboxylic acids is 1. The average Bonchev–Trinajstić information content (AvgIpc) is 2.29. The molecular formula is C10H16N4O3S. The number of primary amides is 1. The van der Waals surface area contributed by atoms with Gasteiger partial charge in [0.2, 0.25) is 10.0 Å². The maximum Gasteiger partial charge on any atom is 0.267 e. The summed E-state index contributed by atoms with van der Waals surface area (Å²) in [5.74, 6) is -0.659. The van der Waals surface area contributed by atoms with E-state index in [0.717, 1.165) is 4.31 Å². The lowest BCUT2D eigenvalue weighted by Gasteiger charge is -2.12. The van der Waals surface area contributed by atoms with Gasteiger partial charge in [0.05, 0.1) is 5.75 Å². The van der Waals surface area contributed by atoms with Crippen molar-refractivity contribution in [3.8, 4) is 0 Å². The molecule has 0 aromatic carbocycles. The fourth-order valence-electron chi connectivity index (χ4n) is 1.18. The minimum absolute atomic E-state index is 0.0335. The molecule has 1 amide bonds. The number of nitrogens with two attached hydrogens (primary N) is 1. The third-order valence-electron chi connectivity index (χ3n) is 2.26. The van der Waals surface area contributed by atoms with Gasteiger partial charge in [-0.3, -0.25) is 9.78 Å². The highest BCUT2D eigenvalue weighted by atomic mass is 32.2. The van der Waals surface area contributed by atoms with E-state index < -0.39 is 15.9 Å². The predicted molar refractivity (Wildman–Crippen MR) is 68.7 cm³/mol. The molecule has 0 fully saturated rings. The maximum atomic E-state index is 11.5. The Bertz CT molecular complexity index is 528. The molecular weight excluding hydrogens is 256 g/mol. The number of aromatic nitrogens is 1. The molecule has 1 aromatic heterocycles. The van der Waals surface area contributed by atoms with E-state index in [9.17, 15) is 13.2 Å². The van der Waals surface area contributed by atoms with Gasteiger partial charge in [0.1, 0.15) is 5.69 Å². The Kier molecular flexibility index (Phi) is 4.62. The molecule has 0 atom stereocenters. The van der Waals surface area contributed by atoms with E-state index in [0.29, 0.717) is 5.69 Å². The number of hydrogen-bond acceptors (Lipinski definition) is 5. The molecule has 0 aliphatic heterocycles. The second kappa shape index (κ2) is 5.78. The zero-order valence-corrected chi connectivity index (χ0v) is 11.1. The zero-order valence-electron chi connectivity index (χ0n) is 10.3. The van der Waals surface area contributed by atoms with Gasteiger partial charge in [0.25, 0.3) is 5.91 Å². The van der Waals surface area contributed by atoms with Crippen molar-refractivity contribution in [3.63, 3.8) is 0 Å². The van der Waals surface area contributed by atoms with Crippen molar-refractivity contribution in [3.05, 3.63) is 24.0 Å². The van der Waals surface area contributed by atoms with Gasteiger partial charge in [-0.25, -0.2) is 12.7 Å². The summed E-state index contributed by atoms with van der Waals surface area (Å²) in [5, 5.41) is 2.90. The van der Waals surface area contributed by atoms with Crippen molar-refractivity contribution in [2.24, 2.45) is 5.73 Å². The number of pyridine rings is 1. The number of anilines is 1. The van der Waals surface area contributed by atoms with Gasteiger partial charge in [-0.1, -0.05) is 0 Å². The lowest BCUT2D eigenvalue weighted by molar-refractivity contribution is 0.0995. The number of rotatable bonds is 6. The van der Waals surface area contributed by atoms with Crippen molar-refractivity contribution < 1.29 is 13.2 Å². The third-order valence-corrected chi connectivity index (χ3v) is 4.09. The molecule has 8 heteroatoms. The SMILES string of the molecule is CN(C)S(=O)(=O)CCNc1ccnc(C(N)=O)c1. The standard InChI is InChI=1S/C10H16N4O3S/c1-14(2)18(16,17)6-5-12-8-3-4-13-9(7-8)10(11)15/h3-4,7H,5-6H2,1-2H3,(H2,11,15)(H,12,13). The average molecular weight is 272 g/mol. The second-order valence-corrected chi connectivity index (χ2v) is 6.12. The Morgan fingerprint density at radius 3 is 2.72 bits per heavy atom. The van der Waals surface area contributed by atoms with E-state index in [1.165, 1.54) is 26.4 Å². The predicted octanol–water partition coefficient (Wildman–Crippen LogP) is -0.516. The first-order valence-corrected chi connectivity index (χ1v) is 6.84. The summed E-state index contributed by atoms with van der Waals surface area (Å²) in [7, 11) is -0.273. The Balaban J connectivity index is 2.60. The fourth-order valence-corrected chi connectivity index (χ4v) is 1.91. The third kappa shape index (κ3) is 3.97. The smallest absolute Gasteiger partial charge is 0.267 e. The van der Waals surface area contributed by atoms with Crippen LogP contribution in [0.2, 0.25) is 0 Å². The highest BCUT2D eigenvalue weighted by molar-refractivity contribution is 7.89. The molecule has 0 spiro atoms. The molecule has 0 radical (unpaired) electrons. The van der Waals surface area contributed by atoms with Crippen molar-refractivity contribution in [1.82, 2.24) is 9.29 Å². The molecule has 1 rings (SSSR count). The maximum absolute atomic E-state index is 11.5.